The third-order valence-electron chi connectivity index (χ3n) is 7.59. The molecular formula is C24H34N4O3S2. The number of thiazole rings is 1. The number of para-hydroxylation sites is 1. The van der Waals surface area contributed by atoms with Crippen molar-refractivity contribution in [1.29, 1.82) is 0 Å². The summed E-state index contributed by atoms with van der Waals surface area (Å²) in [6.45, 7) is 2.98. The van der Waals surface area contributed by atoms with Gasteiger partial charge in [0.25, 0.3) is 10.2 Å². The van der Waals surface area contributed by atoms with E-state index in [1.54, 1.807) is 19.9 Å². The molecule has 1 aliphatic carbocycles. The van der Waals surface area contributed by atoms with E-state index in [9.17, 15) is 13.2 Å². The van der Waals surface area contributed by atoms with Crippen LogP contribution >= 0.6 is 11.3 Å². The van der Waals surface area contributed by atoms with E-state index < -0.39 is 10.2 Å². The summed E-state index contributed by atoms with van der Waals surface area (Å²) in [4.78, 5) is 20.5. The van der Waals surface area contributed by atoms with Gasteiger partial charge >= 0.3 is 0 Å². The maximum absolute atomic E-state index is 13.8. The van der Waals surface area contributed by atoms with E-state index in [2.05, 4.69) is 6.07 Å². The number of fused-ring (bicyclic) bond motifs is 1. The van der Waals surface area contributed by atoms with Gasteiger partial charge < -0.3 is 4.90 Å². The lowest BCUT2D eigenvalue weighted by molar-refractivity contribution is -0.143. The van der Waals surface area contributed by atoms with Crippen molar-refractivity contribution in [3.63, 3.8) is 0 Å². The zero-order valence-corrected chi connectivity index (χ0v) is 20.9. The summed E-state index contributed by atoms with van der Waals surface area (Å²) in [5.41, 5.74) is 0.616. The van der Waals surface area contributed by atoms with Crippen LogP contribution in [0.5, 0.6) is 0 Å². The number of aromatic nitrogens is 1. The van der Waals surface area contributed by atoms with Gasteiger partial charge in [-0.05, 0) is 37.8 Å². The molecule has 33 heavy (non-hydrogen) atoms. The van der Waals surface area contributed by atoms with Crippen LogP contribution in [0.2, 0.25) is 0 Å². The second-order valence-corrected chi connectivity index (χ2v) is 12.8. The fraction of sp³-hybridized carbons (Fsp3) is 0.667. The van der Waals surface area contributed by atoms with E-state index in [4.69, 9.17) is 4.98 Å². The second-order valence-electron chi connectivity index (χ2n) is 9.75. The standard InChI is InChI=1S/C24H34N4O3S2/c29-23(24(11-5-6-12-24)19-22-25-20-9-3-4-10-21(20)32-22)26-15-17-28(18-16-26)33(30,31)27-13-7-1-2-8-14-27/h3-4,9-10H,1-2,5-8,11-19H2. The number of piperazine rings is 1. The molecule has 2 aliphatic heterocycles. The molecule has 7 nitrogen and oxygen atoms in total. The topological polar surface area (TPSA) is 73.8 Å². The van der Waals surface area contributed by atoms with E-state index in [1.165, 1.54) is 4.70 Å². The highest BCUT2D eigenvalue weighted by Crippen LogP contribution is 2.44. The summed E-state index contributed by atoms with van der Waals surface area (Å²) >= 11 is 1.69. The Balaban J connectivity index is 1.26. The Kier molecular flexibility index (Phi) is 6.75. The molecule has 1 saturated carbocycles. The third kappa shape index (κ3) is 4.70. The largest absolute Gasteiger partial charge is 0.340 e. The van der Waals surface area contributed by atoms with Gasteiger partial charge in [0.15, 0.2) is 0 Å². The van der Waals surface area contributed by atoms with E-state index in [1.807, 2.05) is 23.1 Å². The number of benzene rings is 1. The fourth-order valence-corrected chi connectivity index (χ4v) is 8.48. The molecule has 0 spiro atoms. The lowest BCUT2D eigenvalue weighted by atomic mass is 9.81. The van der Waals surface area contributed by atoms with Gasteiger partial charge in [0.05, 0.1) is 20.6 Å². The van der Waals surface area contributed by atoms with Gasteiger partial charge in [0, 0.05) is 45.7 Å². The van der Waals surface area contributed by atoms with Gasteiger partial charge in [-0.1, -0.05) is 37.8 Å². The van der Waals surface area contributed by atoms with Crippen molar-refractivity contribution in [3.05, 3.63) is 29.3 Å². The van der Waals surface area contributed by atoms with Crippen LogP contribution in [0, 0.1) is 5.41 Å². The molecule has 9 heteroatoms. The highest BCUT2D eigenvalue weighted by Gasteiger charge is 2.45. The van der Waals surface area contributed by atoms with Gasteiger partial charge in [0.2, 0.25) is 5.91 Å². The third-order valence-corrected chi connectivity index (χ3v) is 10.7. The Morgan fingerprint density at radius 3 is 2.18 bits per heavy atom. The molecule has 0 radical (unpaired) electrons. The quantitative estimate of drug-likeness (QED) is 0.641. The maximum atomic E-state index is 13.8. The van der Waals surface area contributed by atoms with E-state index >= 15 is 0 Å². The average molecular weight is 491 g/mol. The predicted octanol–water partition coefficient (Wildman–Crippen LogP) is 3.66. The van der Waals surface area contributed by atoms with Crippen molar-refractivity contribution in [2.24, 2.45) is 5.41 Å². The van der Waals surface area contributed by atoms with Crippen molar-refractivity contribution >= 4 is 37.7 Å². The van der Waals surface area contributed by atoms with Crippen LogP contribution in [0.1, 0.15) is 56.4 Å². The monoisotopic (exact) mass is 490 g/mol. The highest BCUT2D eigenvalue weighted by molar-refractivity contribution is 7.86. The van der Waals surface area contributed by atoms with Gasteiger partial charge in [-0.3, -0.25) is 4.79 Å². The lowest BCUT2D eigenvalue weighted by Crippen LogP contribution is -2.56. The predicted molar refractivity (Wildman–Crippen MR) is 131 cm³/mol. The molecular weight excluding hydrogens is 456 g/mol. The molecule has 5 rings (SSSR count). The molecule has 0 N–H and O–H groups in total. The molecule has 0 atom stereocenters. The average Bonchev–Trinajstić information content (AvgIpc) is 3.36. The maximum Gasteiger partial charge on any atom is 0.282 e. The Labute approximate surface area is 200 Å². The van der Waals surface area contributed by atoms with Crippen LogP contribution in [-0.2, 0) is 21.4 Å². The number of hydrogen-bond acceptors (Lipinski definition) is 5. The first-order valence-electron chi connectivity index (χ1n) is 12.4. The summed E-state index contributed by atoms with van der Waals surface area (Å²) in [6.07, 6.45) is 8.70. The van der Waals surface area contributed by atoms with E-state index in [-0.39, 0.29) is 11.3 Å². The first kappa shape index (κ1) is 23.2. The van der Waals surface area contributed by atoms with Gasteiger partial charge in [-0.2, -0.15) is 17.0 Å². The number of nitrogens with zero attached hydrogens (tertiary/aromatic N) is 4. The van der Waals surface area contributed by atoms with Crippen LogP contribution < -0.4 is 0 Å². The van der Waals surface area contributed by atoms with Crippen LogP contribution in [0.15, 0.2) is 24.3 Å². The molecule has 1 aromatic heterocycles. The van der Waals surface area contributed by atoms with Crippen molar-refractivity contribution in [2.45, 2.75) is 57.8 Å². The highest BCUT2D eigenvalue weighted by atomic mass is 32.2. The van der Waals surface area contributed by atoms with Crippen molar-refractivity contribution in [2.75, 3.05) is 39.3 Å². The first-order valence-corrected chi connectivity index (χ1v) is 14.6. The molecule has 3 heterocycles. The molecule has 0 bridgehead atoms. The van der Waals surface area contributed by atoms with Gasteiger partial charge in [-0.25, -0.2) is 4.98 Å². The minimum atomic E-state index is -3.43. The summed E-state index contributed by atoms with van der Waals surface area (Å²) in [6, 6.07) is 8.15. The van der Waals surface area contributed by atoms with E-state index in [0.29, 0.717) is 45.7 Å². The van der Waals surface area contributed by atoms with Crippen LogP contribution in [0.25, 0.3) is 10.2 Å². The van der Waals surface area contributed by atoms with Gasteiger partial charge in [0.1, 0.15) is 0 Å². The van der Waals surface area contributed by atoms with E-state index in [0.717, 1.165) is 61.9 Å². The lowest BCUT2D eigenvalue weighted by Gasteiger charge is -2.40. The normalized spacial score (nSPS) is 23.1. The molecule has 0 unspecified atom stereocenters. The molecule has 2 saturated heterocycles. The number of carbonyl (C=O) groups is 1. The molecule has 180 valence electrons. The summed E-state index contributed by atoms with van der Waals surface area (Å²) < 4.78 is 30.7. The number of rotatable bonds is 5. The molecule has 1 aromatic carbocycles. The van der Waals surface area contributed by atoms with Crippen molar-refractivity contribution in [3.8, 4) is 0 Å². The fourth-order valence-electron chi connectivity index (χ4n) is 5.70. The van der Waals surface area contributed by atoms with Crippen LogP contribution in [-0.4, -0.2) is 72.1 Å². The minimum Gasteiger partial charge on any atom is -0.340 e. The number of amides is 1. The molecule has 1 amide bonds. The first-order chi connectivity index (χ1) is 16.0. The Bertz CT molecular complexity index is 1050. The van der Waals surface area contributed by atoms with Crippen molar-refractivity contribution < 1.29 is 13.2 Å². The minimum absolute atomic E-state index is 0.200. The molecule has 3 fully saturated rings. The van der Waals surface area contributed by atoms with Gasteiger partial charge in [-0.15, -0.1) is 11.3 Å². The Hall–Kier alpha value is -1.55. The molecule has 2 aromatic rings. The van der Waals surface area contributed by atoms with Crippen LogP contribution in [0.4, 0.5) is 0 Å². The SMILES string of the molecule is O=C(N1CCN(S(=O)(=O)N2CCCCCC2)CC1)C1(Cc2nc3ccccc3s2)CCCC1. The summed E-state index contributed by atoms with van der Waals surface area (Å²) in [7, 11) is -3.43. The zero-order valence-electron chi connectivity index (χ0n) is 19.2. The van der Waals surface area contributed by atoms with Crippen LogP contribution in [0.3, 0.4) is 0 Å². The second kappa shape index (κ2) is 9.60. The Morgan fingerprint density at radius 2 is 1.52 bits per heavy atom. The summed E-state index contributed by atoms with van der Waals surface area (Å²) in [5, 5.41) is 1.04. The summed E-state index contributed by atoms with van der Waals surface area (Å²) in [5.74, 6) is 0.200. The van der Waals surface area contributed by atoms with Crippen molar-refractivity contribution in [1.82, 2.24) is 18.5 Å². The number of carbonyl (C=O) groups excluding carboxylic acids is 1. The Morgan fingerprint density at radius 1 is 0.879 bits per heavy atom. The number of hydrogen-bond donors (Lipinski definition) is 0. The zero-order chi connectivity index (χ0) is 22.9. The smallest absolute Gasteiger partial charge is 0.282 e. The molecule has 3 aliphatic rings.